The molecule has 1 fully saturated rings. The van der Waals surface area contributed by atoms with Crippen molar-refractivity contribution >= 4 is 40.7 Å². The Balaban J connectivity index is 1.83. The van der Waals surface area contributed by atoms with Crippen molar-refractivity contribution in [1.29, 1.82) is 0 Å². The Labute approximate surface area is 179 Å². The third-order valence-corrected chi connectivity index (χ3v) is 5.43. The van der Waals surface area contributed by atoms with Crippen LogP contribution in [0.2, 0.25) is 10.0 Å². The van der Waals surface area contributed by atoms with Crippen molar-refractivity contribution in [1.82, 2.24) is 4.90 Å². The molecule has 2 aromatic carbocycles. The average Bonchev–Trinajstić information content (AvgIpc) is 3.20. The molecular weight excluding hydrogens is 415 g/mol. The lowest BCUT2D eigenvalue weighted by atomic mass is 10.1. The minimum absolute atomic E-state index is 0.170. The minimum atomic E-state index is -0.557. The van der Waals surface area contributed by atoms with Crippen LogP contribution in [-0.4, -0.2) is 50.6 Å². The first-order chi connectivity index (χ1) is 13.8. The third-order valence-electron chi connectivity index (χ3n) is 4.99. The molecule has 154 valence electrons. The number of likely N-dealkylation sites (tertiary alicyclic amines) is 1. The molecule has 1 saturated heterocycles. The first-order valence-electron chi connectivity index (χ1n) is 9.12. The number of anilines is 1. The molecule has 1 aliphatic heterocycles. The van der Waals surface area contributed by atoms with E-state index in [1.807, 2.05) is 0 Å². The van der Waals surface area contributed by atoms with Crippen LogP contribution < -0.4 is 14.4 Å². The number of carbonyl (C=O) groups excluding carboxylic acids is 2. The van der Waals surface area contributed by atoms with Gasteiger partial charge in [-0.15, -0.1) is 0 Å². The van der Waals surface area contributed by atoms with E-state index < -0.39 is 6.04 Å². The van der Waals surface area contributed by atoms with Crippen LogP contribution in [0.3, 0.4) is 0 Å². The average molecular weight is 437 g/mol. The van der Waals surface area contributed by atoms with Crippen molar-refractivity contribution in [3.63, 3.8) is 0 Å². The fourth-order valence-corrected chi connectivity index (χ4v) is 4.02. The van der Waals surface area contributed by atoms with Gasteiger partial charge in [0, 0.05) is 41.0 Å². The largest absolute Gasteiger partial charge is 0.493 e. The van der Waals surface area contributed by atoms with Crippen LogP contribution in [0.5, 0.6) is 11.5 Å². The summed E-state index contributed by atoms with van der Waals surface area (Å²) in [5.41, 5.74) is 1.02. The van der Waals surface area contributed by atoms with E-state index in [9.17, 15) is 9.59 Å². The molecule has 2 amide bonds. The summed E-state index contributed by atoms with van der Waals surface area (Å²) in [5, 5.41) is 0.760. The highest BCUT2D eigenvalue weighted by Crippen LogP contribution is 2.32. The number of hydrogen-bond acceptors (Lipinski definition) is 4. The van der Waals surface area contributed by atoms with Crippen LogP contribution in [0, 0.1) is 0 Å². The summed E-state index contributed by atoms with van der Waals surface area (Å²) in [7, 11) is 4.77. The van der Waals surface area contributed by atoms with Gasteiger partial charge < -0.3 is 19.3 Å². The molecule has 8 heteroatoms. The first kappa shape index (κ1) is 21.3. The van der Waals surface area contributed by atoms with Crippen LogP contribution in [0.15, 0.2) is 36.4 Å². The molecule has 3 rings (SSSR count). The van der Waals surface area contributed by atoms with Gasteiger partial charge in [0.15, 0.2) is 11.5 Å². The highest BCUT2D eigenvalue weighted by Gasteiger charge is 2.36. The number of benzene rings is 2. The number of amides is 2. The quantitative estimate of drug-likeness (QED) is 0.701. The number of methoxy groups -OCH3 is 2. The van der Waals surface area contributed by atoms with Crippen LogP contribution in [0.1, 0.15) is 23.2 Å². The fraction of sp³-hybridized carbons (Fsp3) is 0.333. The fourth-order valence-electron chi connectivity index (χ4n) is 3.49. The molecule has 1 heterocycles. The predicted molar refractivity (Wildman–Crippen MR) is 113 cm³/mol. The summed E-state index contributed by atoms with van der Waals surface area (Å²) >= 11 is 12.1. The van der Waals surface area contributed by atoms with Gasteiger partial charge in [0.2, 0.25) is 5.91 Å². The summed E-state index contributed by atoms with van der Waals surface area (Å²) in [6.07, 6.45) is 1.34. The maximum atomic E-state index is 13.2. The zero-order valence-corrected chi connectivity index (χ0v) is 18.0. The van der Waals surface area contributed by atoms with Crippen molar-refractivity contribution in [2.45, 2.75) is 18.9 Å². The second-order valence-corrected chi connectivity index (χ2v) is 7.62. The lowest BCUT2D eigenvalue weighted by Crippen LogP contribution is -2.46. The Morgan fingerprint density at radius 2 is 1.69 bits per heavy atom. The van der Waals surface area contributed by atoms with E-state index in [0.29, 0.717) is 45.8 Å². The van der Waals surface area contributed by atoms with E-state index in [1.165, 1.54) is 12.0 Å². The molecule has 1 unspecified atom stereocenters. The number of likely N-dealkylation sites (N-methyl/N-ethyl adjacent to an activating group) is 1. The van der Waals surface area contributed by atoms with Gasteiger partial charge in [-0.05, 0) is 43.2 Å². The lowest BCUT2D eigenvalue weighted by Gasteiger charge is -2.28. The number of ether oxygens (including phenoxy) is 2. The molecule has 0 N–H and O–H groups in total. The van der Waals surface area contributed by atoms with Crippen molar-refractivity contribution in [2.75, 3.05) is 32.7 Å². The van der Waals surface area contributed by atoms with Gasteiger partial charge in [-0.2, -0.15) is 0 Å². The number of hydrogen-bond donors (Lipinski definition) is 0. The molecule has 0 spiro atoms. The van der Waals surface area contributed by atoms with Gasteiger partial charge in [-0.3, -0.25) is 9.59 Å². The minimum Gasteiger partial charge on any atom is -0.493 e. The van der Waals surface area contributed by atoms with Crippen LogP contribution >= 0.6 is 23.2 Å². The molecule has 0 saturated carbocycles. The molecule has 0 aromatic heterocycles. The SMILES string of the molecule is COc1ccc(N(C)C(=O)C2CCCN2C(=O)c2cc(Cl)cc(Cl)c2)cc1OC. The van der Waals surface area contributed by atoms with Crippen molar-refractivity contribution in [3.8, 4) is 11.5 Å². The van der Waals surface area contributed by atoms with Gasteiger partial charge >= 0.3 is 0 Å². The predicted octanol–water partition coefficient (Wildman–Crippen LogP) is 4.28. The number of nitrogens with zero attached hydrogens (tertiary/aromatic N) is 2. The zero-order valence-electron chi connectivity index (χ0n) is 16.4. The molecule has 29 heavy (non-hydrogen) atoms. The Bertz CT molecular complexity index is 915. The second kappa shape index (κ2) is 8.93. The first-order valence-corrected chi connectivity index (χ1v) is 9.88. The Morgan fingerprint density at radius 1 is 1.03 bits per heavy atom. The van der Waals surface area contributed by atoms with E-state index in [1.54, 1.807) is 55.5 Å². The molecule has 6 nitrogen and oxygen atoms in total. The third kappa shape index (κ3) is 4.43. The van der Waals surface area contributed by atoms with Crippen molar-refractivity contribution in [2.24, 2.45) is 0 Å². The standard InChI is InChI=1S/C21H22Cl2N2O4/c1-24(16-6-7-18(28-2)19(12-16)29-3)21(27)17-5-4-8-25(17)20(26)13-9-14(22)11-15(23)10-13/h6-7,9-12,17H,4-5,8H2,1-3H3. The second-order valence-electron chi connectivity index (χ2n) is 6.75. The summed E-state index contributed by atoms with van der Waals surface area (Å²) in [6, 6.07) is 9.38. The lowest BCUT2D eigenvalue weighted by molar-refractivity contribution is -0.121. The van der Waals surface area contributed by atoms with Crippen LogP contribution in [0.25, 0.3) is 0 Å². The molecule has 1 aliphatic rings. The van der Waals surface area contributed by atoms with E-state index in [4.69, 9.17) is 32.7 Å². The highest BCUT2D eigenvalue weighted by molar-refractivity contribution is 6.35. The molecule has 0 aliphatic carbocycles. The van der Waals surface area contributed by atoms with Crippen molar-refractivity contribution in [3.05, 3.63) is 52.0 Å². The molecule has 2 aromatic rings. The molecule has 0 bridgehead atoms. The van der Waals surface area contributed by atoms with Crippen LogP contribution in [-0.2, 0) is 4.79 Å². The van der Waals surface area contributed by atoms with Gasteiger partial charge in [-0.1, -0.05) is 23.2 Å². The Morgan fingerprint density at radius 3 is 2.31 bits per heavy atom. The summed E-state index contributed by atoms with van der Waals surface area (Å²) in [5.74, 6) is 0.673. The maximum absolute atomic E-state index is 13.2. The smallest absolute Gasteiger partial charge is 0.254 e. The summed E-state index contributed by atoms with van der Waals surface area (Å²) in [4.78, 5) is 29.3. The van der Waals surface area contributed by atoms with Crippen molar-refractivity contribution < 1.29 is 19.1 Å². The van der Waals surface area contributed by atoms with E-state index in [2.05, 4.69) is 0 Å². The van der Waals surface area contributed by atoms with Gasteiger partial charge in [0.25, 0.3) is 5.91 Å². The number of rotatable bonds is 5. The van der Waals surface area contributed by atoms with E-state index in [0.717, 1.165) is 6.42 Å². The molecule has 0 radical (unpaired) electrons. The normalized spacial score (nSPS) is 15.9. The Hall–Kier alpha value is -2.44. The van der Waals surface area contributed by atoms with Crippen LogP contribution in [0.4, 0.5) is 5.69 Å². The summed E-state index contributed by atoms with van der Waals surface area (Å²) < 4.78 is 10.6. The van der Waals surface area contributed by atoms with Gasteiger partial charge in [0.1, 0.15) is 6.04 Å². The number of carbonyl (C=O) groups is 2. The maximum Gasteiger partial charge on any atom is 0.254 e. The Kier molecular flexibility index (Phi) is 6.55. The molecule has 1 atom stereocenters. The monoisotopic (exact) mass is 436 g/mol. The summed E-state index contributed by atoms with van der Waals surface area (Å²) in [6.45, 7) is 0.499. The van der Waals surface area contributed by atoms with E-state index >= 15 is 0 Å². The highest BCUT2D eigenvalue weighted by atomic mass is 35.5. The van der Waals surface area contributed by atoms with Gasteiger partial charge in [-0.25, -0.2) is 0 Å². The van der Waals surface area contributed by atoms with Gasteiger partial charge in [0.05, 0.1) is 14.2 Å². The van der Waals surface area contributed by atoms with E-state index in [-0.39, 0.29) is 11.8 Å². The number of halogens is 2. The topological polar surface area (TPSA) is 59.1 Å². The molecular formula is C21H22Cl2N2O4. The zero-order chi connectivity index (χ0) is 21.1.